The molecule has 0 amide bonds. The second-order valence-corrected chi connectivity index (χ2v) is 4.79. The van der Waals surface area contributed by atoms with E-state index in [1.165, 1.54) is 0 Å². The minimum atomic E-state index is 0.280. The number of nitrogen functional groups attached to an aromatic ring is 1. The van der Waals surface area contributed by atoms with Gasteiger partial charge in [0.1, 0.15) is 5.75 Å². The SMILES string of the molecule is COc1ccc(Cl)cc1-c1c(N)noc1-c1ccncc1. The third-order valence-corrected chi connectivity index (χ3v) is 3.33. The number of nitrogens with zero attached hydrogens (tertiary/aromatic N) is 2. The molecule has 0 aliphatic rings. The summed E-state index contributed by atoms with van der Waals surface area (Å²) >= 11 is 6.08. The van der Waals surface area contributed by atoms with Crippen LogP contribution in [-0.4, -0.2) is 17.3 Å². The van der Waals surface area contributed by atoms with Gasteiger partial charge in [0.15, 0.2) is 11.6 Å². The molecule has 5 nitrogen and oxygen atoms in total. The molecule has 2 N–H and O–H groups in total. The van der Waals surface area contributed by atoms with Crippen LogP contribution >= 0.6 is 11.6 Å². The lowest BCUT2D eigenvalue weighted by atomic mass is 10.0. The number of aromatic nitrogens is 2. The Morgan fingerprint density at radius 2 is 1.95 bits per heavy atom. The number of anilines is 1. The molecule has 0 saturated heterocycles. The summed E-state index contributed by atoms with van der Waals surface area (Å²) in [6, 6.07) is 8.94. The highest BCUT2D eigenvalue weighted by Gasteiger charge is 2.21. The fourth-order valence-corrected chi connectivity index (χ4v) is 2.31. The van der Waals surface area contributed by atoms with Crippen molar-refractivity contribution in [3.05, 3.63) is 47.7 Å². The fourth-order valence-electron chi connectivity index (χ4n) is 2.14. The standard InChI is InChI=1S/C15H12ClN3O2/c1-20-12-3-2-10(16)8-11(12)13-14(21-19-15(13)17)9-4-6-18-7-5-9/h2-8H,1H3,(H2,17,19). The lowest BCUT2D eigenvalue weighted by Gasteiger charge is -2.09. The Labute approximate surface area is 126 Å². The van der Waals surface area contributed by atoms with E-state index in [9.17, 15) is 0 Å². The summed E-state index contributed by atoms with van der Waals surface area (Å²) in [6.45, 7) is 0. The molecule has 0 atom stereocenters. The van der Waals surface area contributed by atoms with Gasteiger partial charge in [-0.15, -0.1) is 0 Å². The Morgan fingerprint density at radius 3 is 2.67 bits per heavy atom. The first-order chi connectivity index (χ1) is 10.2. The van der Waals surface area contributed by atoms with Crippen LogP contribution in [0.4, 0.5) is 5.82 Å². The van der Waals surface area contributed by atoms with Crippen molar-refractivity contribution < 1.29 is 9.26 Å². The van der Waals surface area contributed by atoms with Crippen molar-refractivity contribution in [2.24, 2.45) is 0 Å². The fraction of sp³-hybridized carbons (Fsp3) is 0.0667. The van der Waals surface area contributed by atoms with Crippen LogP contribution in [0.3, 0.4) is 0 Å². The predicted molar refractivity (Wildman–Crippen MR) is 81.1 cm³/mol. The number of rotatable bonds is 3. The van der Waals surface area contributed by atoms with Gasteiger partial charge in [-0.1, -0.05) is 16.8 Å². The minimum Gasteiger partial charge on any atom is -0.496 e. The van der Waals surface area contributed by atoms with Crippen LogP contribution in [-0.2, 0) is 0 Å². The number of methoxy groups -OCH3 is 1. The monoisotopic (exact) mass is 301 g/mol. The average molecular weight is 302 g/mol. The summed E-state index contributed by atoms with van der Waals surface area (Å²) in [5.74, 6) is 1.47. The largest absolute Gasteiger partial charge is 0.496 e. The third kappa shape index (κ3) is 2.43. The molecule has 2 aromatic heterocycles. The van der Waals surface area contributed by atoms with Gasteiger partial charge in [0.05, 0.1) is 12.7 Å². The molecule has 21 heavy (non-hydrogen) atoms. The van der Waals surface area contributed by atoms with Gasteiger partial charge >= 0.3 is 0 Å². The highest BCUT2D eigenvalue weighted by molar-refractivity contribution is 6.31. The Balaban J connectivity index is 2.24. The van der Waals surface area contributed by atoms with Gasteiger partial charge < -0.3 is 15.0 Å². The average Bonchev–Trinajstić information content (AvgIpc) is 2.89. The third-order valence-electron chi connectivity index (χ3n) is 3.09. The van der Waals surface area contributed by atoms with Gasteiger partial charge in [0.2, 0.25) is 0 Å². The van der Waals surface area contributed by atoms with Crippen LogP contribution in [0.1, 0.15) is 0 Å². The molecule has 0 bridgehead atoms. The summed E-state index contributed by atoms with van der Waals surface area (Å²) in [5, 5.41) is 4.43. The molecule has 0 fully saturated rings. The van der Waals surface area contributed by atoms with Crippen LogP contribution in [0.2, 0.25) is 5.02 Å². The Morgan fingerprint density at radius 1 is 1.19 bits per heavy atom. The molecule has 0 unspecified atom stereocenters. The molecular weight excluding hydrogens is 290 g/mol. The molecule has 0 spiro atoms. The zero-order valence-corrected chi connectivity index (χ0v) is 12.0. The highest BCUT2D eigenvalue weighted by Crippen LogP contribution is 2.41. The van der Waals surface area contributed by atoms with E-state index < -0.39 is 0 Å². The van der Waals surface area contributed by atoms with Crippen LogP contribution in [0.15, 0.2) is 47.2 Å². The topological polar surface area (TPSA) is 74.2 Å². The van der Waals surface area contributed by atoms with Crippen molar-refractivity contribution in [3.8, 4) is 28.2 Å². The predicted octanol–water partition coefficient (Wildman–Crippen LogP) is 3.65. The maximum atomic E-state index is 6.08. The van der Waals surface area contributed by atoms with Gasteiger partial charge in [-0.25, -0.2) is 0 Å². The Hall–Kier alpha value is -2.53. The summed E-state index contributed by atoms with van der Waals surface area (Å²) in [4.78, 5) is 3.99. The molecule has 106 valence electrons. The number of pyridine rings is 1. The minimum absolute atomic E-state index is 0.280. The van der Waals surface area contributed by atoms with Gasteiger partial charge in [-0.05, 0) is 30.3 Å². The molecule has 0 aliphatic heterocycles. The van der Waals surface area contributed by atoms with Crippen molar-refractivity contribution in [2.45, 2.75) is 0 Å². The maximum absolute atomic E-state index is 6.08. The van der Waals surface area contributed by atoms with Crippen LogP contribution in [0.5, 0.6) is 5.75 Å². The number of halogens is 1. The molecule has 3 aromatic rings. The molecule has 0 radical (unpaired) electrons. The number of nitrogens with two attached hydrogens (primary N) is 1. The van der Waals surface area contributed by atoms with Gasteiger partial charge in [0.25, 0.3) is 0 Å². The number of ether oxygens (including phenoxy) is 1. The quantitative estimate of drug-likeness (QED) is 0.799. The highest BCUT2D eigenvalue weighted by atomic mass is 35.5. The van der Waals surface area contributed by atoms with Crippen LogP contribution in [0, 0.1) is 0 Å². The van der Waals surface area contributed by atoms with Crippen molar-refractivity contribution >= 4 is 17.4 Å². The van der Waals surface area contributed by atoms with E-state index in [0.29, 0.717) is 22.1 Å². The zero-order chi connectivity index (χ0) is 14.8. The molecule has 0 aliphatic carbocycles. The van der Waals surface area contributed by atoms with E-state index in [2.05, 4.69) is 10.1 Å². The summed E-state index contributed by atoms with van der Waals surface area (Å²) in [6.07, 6.45) is 3.35. The summed E-state index contributed by atoms with van der Waals surface area (Å²) < 4.78 is 10.7. The van der Waals surface area contributed by atoms with Crippen molar-refractivity contribution in [2.75, 3.05) is 12.8 Å². The van der Waals surface area contributed by atoms with Crippen LogP contribution < -0.4 is 10.5 Å². The summed E-state index contributed by atoms with van der Waals surface area (Å²) in [7, 11) is 1.59. The van der Waals surface area contributed by atoms with E-state index >= 15 is 0 Å². The van der Waals surface area contributed by atoms with Gasteiger partial charge in [-0.3, -0.25) is 4.98 Å². The van der Waals surface area contributed by atoms with E-state index in [4.69, 9.17) is 26.6 Å². The maximum Gasteiger partial charge on any atom is 0.177 e. The normalized spacial score (nSPS) is 10.6. The molecule has 6 heteroatoms. The Kier molecular flexibility index (Phi) is 3.50. The second kappa shape index (κ2) is 5.46. The molecule has 3 rings (SSSR count). The number of hydrogen-bond donors (Lipinski definition) is 1. The first-order valence-electron chi connectivity index (χ1n) is 6.20. The lowest BCUT2D eigenvalue weighted by Crippen LogP contribution is -1.93. The second-order valence-electron chi connectivity index (χ2n) is 4.35. The van der Waals surface area contributed by atoms with Gasteiger partial charge in [0, 0.05) is 28.5 Å². The first-order valence-corrected chi connectivity index (χ1v) is 6.58. The molecule has 0 saturated carbocycles. The van der Waals surface area contributed by atoms with Crippen molar-refractivity contribution in [1.82, 2.24) is 10.1 Å². The molecule has 1 aromatic carbocycles. The van der Waals surface area contributed by atoms with E-state index in [1.54, 1.807) is 37.7 Å². The van der Waals surface area contributed by atoms with Crippen molar-refractivity contribution in [1.29, 1.82) is 0 Å². The van der Waals surface area contributed by atoms with Crippen molar-refractivity contribution in [3.63, 3.8) is 0 Å². The van der Waals surface area contributed by atoms with Gasteiger partial charge in [-0.2, -0.15) is 0 Å². The van der Waals surface area contributed by atoms with E-state index in [0.717, 1.165) is 11.1 Å². The number of hydrogen-bond acceptors (Lipinski definition) is 5. The Bertz CT molecular complexity index is 772. The lowest BCUT2D eigenvalue weighted by molar-refractivity contribution is 0.416. The molecule has 2 heterocycles. The summed E-state index contributed by atoms with van der Waals surface area (Å²) in [5.41, 5.74) is 8.18. The first kappa shape index (κ1) is 13.5. The van der Waals surface area contributed by atoms with Crippen LogP contribution in [0.25, 0.3) is 22.5 Å². The number of benzene rings is 1. The zero-order valence-electron chi connectivity index (χ0n) is 11.2. The smallest absolute Gasteiger partial charge is 0.177 e. The van der Waals surface area contributed by atoms with E-state index in [-0.39, 0.29) is 5.82 Å². The molecular formula is C15H12ClN3O2. The van der Waals surface area contributed by atoms with E-state index in [1.807, 2.05) is 12.1 Å².